The van der Waals surface area contributed by atoms with Gasteiger partial charge in [-0.15, -0.1) is 22.7 Å². The van der Waals surface area contributed by atoms with Crippen molar-refractivity contribution in [2.75, 3.05) is 0 Å². The molecular formula is C37H64S2Si. The van der Waals surface area contributed by atoms with Gasteiger partial charge in [0.1, 0.15) is 8.07 Å². The standard InChI is InChI=1S/C37H64S2Si/c1-6-9-12-15-17-18-19-21-24-27-40(34-28-31(4)38-36(34)37-35(40)29-32(5)39-37)30-33(25-22-14-11-8-3)26-23-20-16-13-10-7-2/h28-29,33H,6-27,30H2,1-5H3. The highest BCUT2D eigenvalue weighted by atomic mass is 32.1. The van der Waals surface area contributed by atoms with Crippen LogP contribution in [0.4, 0.5) is 0 Å². The van der Waals surface area contributed by atoms with Crippen LogP contribution in [0.3, 0.4) is 0 Å². The van der Waals surface area contributed by atoms with Crippen LogP contribution in [0.15, 0.2) is 12.1 Å². The van der Waals surface area contributed by atoms with Crippen LogP contribution in [0, 0.1) is 19.8 Å². The molecule has 0 amide bonds. The average Bonchev–Trinajstić information content (AvgIpc) is 3.58. The third-order valence-corrected chi connectivity index (χ3v) is 17.7. The molecule has 2 aromatic rings. The predicted molar refractivity (Wildman–Crippen MR) is 189 cm³/mol. The third-order valence-electron chi connectivity index (χ3n) is 9.72. The maximum absolute atomic E-state index is 2.68. The van der Waals surface area contributed by atoms with Crippen molar-refractivity contribution < 1.29 is 0 Å². The molecule has 0 N–H and O–H groups in total. The van der Waals surface area contributed by atoms with E-state index in [0.717, 1.165) is 5.92 Å². The van der Waals surface area contributed by atoms with E-state index in [2.05, 4.69) is 69.4 Å². The van der Waals surface area contributed by atoms with E-state index in [9.17, 15) is 0 Å². The smallest absolute Gasteiger partial charge is 0.122 e. The average molecular weight is 601 g/mol. The summed E-state index contributed by atoms with van der Waals surface area (Å²) in [5, 5.41) is 3.75. The summed E-state index contributed by atoms with van der Waals surface area (Å²) in [5.74, 6) is 0.937. The van der Waals surface area contributed by atoms with E-state index < -0.39 is 8.07 Å². The summed E-state index contributed by atoms with van der Waals surface area (Å²) in [6, 6.07) is 8.41. The summed E-state index contributed by atoms with van der Waals surface area (Å²) < 4.78 is 0. The molecule has 3 rings (SSSR count). The van der Waals surface area contributed by atoms with Crippen LogP contribution >= 0.6 is 22.7 Å². The van der Waals surface area contributed by atoms with Gasteiger partial charge in [-0.25, -0.2) is 0 Å². The van der Waals surface area contributed by atoms with Crippen LogP contribution in [0.5, 0.6) is 0 Å². The van der Waals surface area contributed by atoms with E-state index in [1.807, 2.05) is 10.4 Å². The van der Waals surface area contributed by atoms with Gasteiger partial charge in [-0.2, -0.15) is 0 Å². The minimum Gasteiger partial charge on any atom is -0.140 e. The molecule has 2 aromatic heterocycles. The van der Waals surface area contributed by atoms with Crippen molar-refractivity contribution in [1.29, 1.82) is 0 Å². The number of hydrogen-bond acceptors (Lipinski definition) is 2. The first-order chi connectivity index (χ1) is 19.6. The molecule has 0 saturated heterocycles. The maximum atomic E-state index is 2.68. The van der Waals surface area contributed by atoms with Crippen LogP contribution < -0.4 is 10.4 Å². The second-order valence-electron chi connectivity index (χ2n) is 13.3. The summed E-state index contributed by atoms with van der Waals surface area (Å²) in [7, 11) is -1.71. The lowest BCUT2D eigenvalue weighted by molar-refractivity contribution is 0.430. The molecule has 0 bridgehead atoms. The summed E-state index contributed by atoms with van der Waals surface area (Å²) in [6.07, 6.45) is 30.3. The molecule has 228 valence electrons. The Morgan fingerprint density at radius 1 is 0.525 bits per heavy atom. The fourth-order valence-electron chi connectivity index (χ4n) is 7.46. The summed E-state index contributed by atoms with van der Waals surface area (Å²) in [4.78, 5) is 6.53. The first-order valence-electron chi connectivity index (χ1n) is 17.8. The van der Waals surface area contributed by atoms with Gasteiger partial charge in [0.25, 0.3) is 0 Å². The molecule has 1 aliphatic rings. The molecule has 1 aliphatic heterocycles. The molecule has 1 atom stereocenters. The van der Waals surface area contributed by atoms with Gasteiger partial charge in [0, 0.05) is 19.5 Å². The van der Waals surface area contributed by atoms with Crippen molar-refractivity contribution >= 4 is 41.1 Å². The molecule has 40 heavy (non-hydrogen) atoms. The van der Waals surface area contributed by atoms with Crippen molar-refractivity contribution in [3.05, 3.63) is 21.9 Å². The zero-order chi connectivity index (χ0) is 28.6. The Morgan fingerprint density at radius 3 is 1.35 bits per heavy atom. The lowest BCUT2D eigenvalue weighted by atomic mass is 9.96. The quantitative estimate of drug-likeness (QED) is 0.0830. The number of thiophene rings is 2. The maximum Gasteiger partial charge on any atom is 0.122 e. The van der Waals surface area contributed by atoms with E-state index in [-0.39, 0.29) is 0 Å². The molecular weight excluding hydrogens is 537 g/mol. The number of hydrogen-bond donors (Lipinski definition) is 0. The molecule has 0 nitrogen and oxygen atoms in total. The SMILES string of the molecule is CCCCCCCCCCC[Si]1(CC(CCCCCC)CCCCCCCC)c2cc(C)sc2-c2sc(C)cc21. The highest BCUT2D eigenvalue weighted by Gasteiger charge is 2.48. The highest BCUT2D eigenvalue weighted by molar-refractivity contribution is 7.29. The predicted octanol–water partition coefficient (Wildman–Crippen LogP) is 12.8. The first kappa shape index (κ1) is 34.1. The summed E-state index contributed by atoms with van der Waals surface area (Å²) in [5.41, 5.74) is 0. The molecule has 0 fully saturated rings. The van der Waals surface area contributed by atoms with Gasteiger partial charge in [0.05, 0.1) is 0 Å². The van der Waals surface area contributed by atoms with E-state index in [4.69, 9.17) is 0 Å². The third kappa shape index (κ3) is 10.1. The zero-order valence-corrected chi connectivity index (χ0v) is 29.9. The Kier molecular flexibility index (Phi) is 16.2. The Balaban J connectivity index is 1.73. The Morgan fingerprint density at radius 2 is 0.900 bits per heavy atom. The molecule has 3 heteroatoms. The minimum absolute atomic E-state index is 0.937. The monoisotopic (exact) mass is 600 g/mol. The van der Waals surface area contributed by atoms with Crippen molar-refractivity contribution in [3.8, 4) is 9.75 Å². The largest absolute Gasteiger partial charge is 0.140 e. The molecule has 0 aliphatic carbocycles. The van der Waals surface area contributed by atoms with Crippen molar-refractivity contribution in [2.45, 2.75) is 182 Å². The fourth-order valence-corrected chi connectivity index (χ4v) is 17.1. The fraction of sp³-hybridized carbons (Fsp3) is 0.784. The topological polar surface area (TPSA) is 0 Å². The Bertz CT molecular complexity index is 892. The molecule has 0 spiro atoms. The van der Waals surface area contributed by atoms with Crippen molar-refractivity contribution in [1.82, 2.24) is 0 Å². The zero-order valence-electron chi connectivity index (χ0n) is 27.3. The van der Waals surface area contributed by atoms with Gasteiger partial charge >= 0.3 is 0 Å². The Hall–Kier alpha value is -0.383. The Labute approximate surface area is 259 Å². The summed E-state index contributed by atoms with van der Waals surface area (Å²) >= 11 is 4.24. The number of aryl methyl sites for hydroxylation is 2. The van der Waals surface area contributed by atoms with Gasteiger partial charge in [-0.1, -0.05) is 156 Å². The van der Waals surface area contributed by atoms with Gasteiger partial charge in [0.2, 0.25) is 0 Å². The van der Waals surface area contributed by atoms with E-state index in [1.165, 1.54) is 147 Å². The van der Waals surface area contributed by atoms with E-state index >= 15 is 0 Å². The van der Waals surface area contributed by atoms with Gasteiger partial charge in [0.15, 0.2) is 0 Å². The molecule has 0 saturated carbocycles. The van der Waals surface area contributed by atoms with Gasteiger partial charge in [-0.3, -0.25) is 0 Å². The van der Waals surface area contributed by atoms with E-state index in [1.54, 1.807) is 19.5 Å². The second-order valence-corrected chi connectivity index (χ2v) is 20.0. The van der Waals surface area contributed by atoms with Crippen LogP contribution in [-0.2, 0) is 0 Å². The molecule has 1 unspecified atom stereocenters. The van der Waals surface area contributed by atoms with Crippen LogP contribution in [0.25, 0.3) is 9.75 Å². The lowest BCUT2D eigenvalue weighted by Crippen LogP contribution is -2.55. The van der Waals surface area contributed by atoms with Gasteiger partial charge < -0.3 is 0 Å². The van der Waals surface area contributed by atoms with Crippen molar-refractivity contribution in [2.24, 2.45) is 5.92 Å². The number of rotatable bonds is 24. The number of unbranched alkanes of at least 4 members (excludes halogenated alkanes) is 16. The normalized spacial score (nSPS) is 14.5. The highest BCUT2D eigenvalue weighted by Crippen LogP contribution is 2.44. The molecule has 3 heterocycles. The minimum atomic E-state index is -1.71. The van der Waals surface area contributed by atoms with Crippen LogP contribution in [0.1, 0.15) is 165 Å². The summed E-state index contributed by atoms with van der Waals surface area (Å²) in [6.45, 7) is 11.8. The van der Waals surface area contributed by atoms with E-state index in [0.29, 0.717) is 0 Å². The van der Waals surface area contributed by atoms with Crippen LogP contribution in [0.2, 0.25) is 12.1 Å². The molecule has 0 radical (unpaired) electrons. The van der Waals surface area contributed by atoms with Crippen LogP contribution in [-0.4, -0.2) is 8.07 Å². The second kappa shape index (κ2) is 19.0. The number of fused-ring (bicyclic) bond motifs is 3. The lowest BCUT2D eigenvalue weighted by Gasteiger charge is -2.33. The molecule has 0 aromatic carbocycles. The van der Waals surface area contributed by atoms with Gasteiger partial charge in [-0.05, 0) is 54.4 Å². The first-order valence-corrected chi connectivity index (χ1v) is 21.8. The van der Waals surface area contributed by atoms with Crippen molar-refractivity contribution in [3.63, 3.8) is 0 Å².